The van der Waals surface area contributed by atoms with Crippen molar-refractivity contribution in [1.29, 1.82) is 0 Å². The first kappa shape index (κ1) is 12.0. The van der Waals surface area contributed by atoms with Gasteiger partial charge in [-0.1, -0.05) is 13.8 Å². The van der Waals surface area contributed by atoms with E-state index in [0.717, 1.165) is 25.3 Å². The van der Waals surface area contributed by atoms with Gasteiger partial charge in [-0.15, -0.1) is 0 Å². The van der Waals surface area contributed by atoms with E-state index >= 15 is 0 Å². The number of nitrogens with one attached hydrogen (secondary N) is 2. The number of rotatable bonds is 6. The second-order valence-corrected chi connectivity index (χ2v) is 4.09. The number of anilines is 1. The molecule has 1 heterocycles. The van der Waals surface area contributed by atoms with Crippen LogP contribution in [0.5, 0.6) is 0 Å². The summed E-state index contributed by atoms with van der Waals surface area (Å²) < 4.78 is 0. The minimum atomic E-state index is 0.689. The van der Waals surface area contributed by atoms with Gasteiger partial charge in [-0.25, -0.2) is 0 Å². The average molecular weight is 207 g/mol. The van der Waals surface area contributed by atoms with E-state index in [9.17, 15) is 0 Å². The molecule has 84 valence electrons. The molecule has 0 aliphatic carbocycles. The molecule has 0 aliphatic rings. The van der Waals surface area contributed by atoms with Crippen LogP contribution in [0.3, 0.4) is 0 Å². The van der Waals surface area contributed by atoms with Gasteiger partial charge in [0.15, 0.2) is 0 Å². The van der Waals surface area contributed by atoms with Gasteiger partial charge in [0, 0.05) is 19.3 Å². The first-order chi connectivity index (χ1) is 7.24. The molecule has 0 fully saturated rings. The highest BCUT2D eigenvalue weighted by atomic mass is 14.9. The van der Waals surface area contributed by atoms with Crippen molar-refractivity contribution >= 4 is 5.69 Å². The molecular weight excluding hydrogens is 186 g/mol. The third-order valence-electron chi connectivity index (χ3n) is 2.15. The van der Waals surface area contributed by atoms with Crippen LogP contribution in [0.15, 0.2) is 18.5 Å². The summed E-state index contributed by atoms with van der Waals surface area (Å²) in [6.45, 7) is 9.41. The maximum atomic E-state index is 4.12. The quantitative estimate of drug-likeness (QED) is 0.751. The summed E-state index contributed by atoms with van der Waals surface area (Å²) in [6, 6.07) is 2.06. The van der Waals surface area contributed by atoms with Crippen molar-refractivity contribution in [2.45, 2.75) is 27.3 Å². The fraction of sp³-hybridized carbons (Fsp3) is 0.583. The van der Waals surface area contributed by atoms with Crippen molar-refractivity contribution in [3.8, 4) is 0 Å². The maximum Gasteiger partial charge on any atom is 0.0572 e. The summed E-state index contributed by atoms with van der Waals surface area (Å²) in [5.41, 5.74) is 2.42. The van der Waals surface area contributed by atoms with Gasteiger partial charge in [0.05, 0.1) is 11.9 Å². The lowest BCUT2D eigenvalue weighted by Crippen LogP contribution is -2.19. The van der Waals surface area contributed by atoms with Gasteiger partial charge in [0.25, 0.3) is 0 Å². The number of hydrogen-bond acceptors (Lipinski definition) is 3. The molecule has 0 aliphatic heterocycles. The lowest BCUT2D eigenvalue weighted by atomic mass is 10.2. The maximum absolute atomic E-state index is 4.12. The van der Waals surface area contributed by atoms with Crippen molar-refractivity contribution < 1.29 is 0 Å². The van der Waals surface area contributed by atoms with Crippen LogP contribution < -0.4 is 10.6 Å². The van der Waals surface area contributed by atoms with Crippen molar-refractivity contribution in [3.63, 3.8) is 0 Å². The minimum Gasteiger partial charge on any atom is -0.384 e. The molecule has 3 heteroatoms. The summed E-state index contributed by atoms with van der Waals surface area (Å²) in [5, 5.41) is 6.74. The zero-order chi connectivity index (χ0) is 11.1. The van der Waals surface area contributed by atoms with Crippen molar-refractivity contribution in [2.24, 2.45) is 5.92 Å². The van der Waals surface area contributed by atoms with E-state index in [1.54, 1.807) is 0 Å². The molecule has 0 spiro atoms. The lowest BCUT2D eigenvalue weighted by Gasteiger charge is -2.11. The molecule has 0 aromatic carbocycles. The Balaban J connectivity index is 2.51. The second kappa shape index (κ2) is 6.40. The molecular formula is C12H21N3. The number of pyridine rings is 1. The zero-order valence-electron chi connectivity index (χ0n) is 9.88. The molecule has 1 rings (SSSR count). The largest absolute Gasteiger partial charge is 0.384 e. The van der Waals surface area contributed by atoms with Crippen LogP contribution in [0.25, 0.3) is 0 Å². The van der Waals surface area contributed by atoms with Crippen molar-refractivity contribution in [2.75, 3.05) is 18.4 Å². The summed E-state index contributed by atoms with van der Waals surface area (Å²) in [5.74, 6) is 0.689. The molecule has 3 nitrogen and oxygen atoms in total. The monoisotopic (exact) mass is 207 g/mol. The summed E-state index contributed by atoms with van der Waals surface area (Å²) in [4.78, 5) is 4.12. The van der Waals surface area contributed by atoms with E-state index in [1.165, 1.54) is 5.56 Å². The Hall–Kier alpha value is -1.09. The van der Waals surface area contributed by atoms with Crippen molar-refractivity contribution in [3.05, 3.63) is 24.0 Å². The van der Waals surface area contributed by atoms with Gasteiger partial charge in [0.1, 0.15) is 0 Å². The number of nitrogens with zero attached hydrogens (tertiary/aromatic N) is 1. The third kappa shape index (κ3) is 4.30. The second-order valence-electron chi connectivity index (χ2n) is 4.09. The summed E-state index contributed by atoms with van der Waals surface area (Å²) in [6.07, 6.45) is 3.73. The molecule has 15 heavy (non-hydrogen) atoms. The van der Waals surface area contributed by atoms with E-state index in [0.29, 0.717) is 5.92 Å². The van der Waals surface area contributed by atoms with Crippen LogP contribution in [0, 0.1) is 5.92 Å². The Morgan fingerprint density at radius 1 is 1.40 bits per heavy atom. The summed E-state index contributed by atoms with van der Waals surface area (Å²) in [7, 11) is 0. The Morgan fingerprint density at radius 2 is 2.20 bits per heavy atom. The molecule has 0 atom stereocenters. The molecule has 1 aromatic rings. The van der Waals surface area contributed by atoms with Crippen LogP contribution >= 0.6 is 0 Å². The average Bonchev–Trinajstić information content (AvgIpc) is 2.20. The molecule has 2 N–H and O–H groups in total. The highest BCUT2D eigenvalue weighted by Gasteiger charge is 2.00. The topological polar surface area (TPSA) is 37.0 Å². The molecule has 0 saturated heterocycles. The van der Waals surface area contributed by atoms with Gasteiger partial charge in [0.2, 0.25) is 0 Å². The highest BCUT2D eigenvalue weighted by Crippen LogP contribution is 2.12. The SMILES string of the molecule is CCNc1cnccc1CNCC(C)C. The number of hydrogen-bond donors (Lipinski definition) is 2. The van der Waals surface area contributed by atoms with Gasteiger partial charge < -0.3 is 10.6 Å². The zero-order valence-corrected chi connectivity index (χ0v) is 9.88. The van der Waals surface area contributed by atoms with E-state index in [2.05, 4.69) is 42.5 Å². The first-order valence-electron chi connectivity index (χ1n) is 5.61. The van der Waals surface area contributed by atoms with E-state index in [4.69, 9.17) is 0 Å². The Morgan fingerprint density at radius 3 is 2.87 bits per heavy atom. The molecule has 0 saturated carbocycles. The molecule has 0 radical (unpaired) electrons. The first-order valence-corrected chi connectivity index (χ1v) is 5.61. The fourth-order valence-corrected chi connectivity index (χ4v) is 1.42. The molecule has 0 unspecified atom stereocenters. The standard InChI is InChI=1S/C12H21N3/c1-4-15-12-9-13-6-5-11(12)8-14-7-10(2)3/h5-6,9-10,14-15H,4,7-8H2,1-3H3. The lowest BCUT2D eigenvalue weighted by molar-refractivity contribution is 0.552. The fourth-order valence-electron chi connectivity index (χ4n) is 1.42. The Kier molecular flexibility index (Phi) is 5.12. The minimum absolute atomic E-state index is 0.689. The van der Waals surface area contributed by atoms with Gasteiger partial charge in [-0.05, 0) is 31.0 Å². The Bertz CT molecular complexity index is 284. The van der Waals surface area contributed by atoms with E-state index < -0.39 is 0 Å². The Labute approximate surface area is 92.3 Å². The number of aromatic nitrogens is 1. The highest BCUT2D eigenvalue weighted by molar-refractivity contribution is 5.48. The molecule has 0 bridgehead atoms. The van der Waals surface area contributed by atoms with E-state index in [1.807, 2.05) is 12.4 Å². The van der Waals surface area contributed by atoms with Gasteiger partial charge in [-0.2, -0.15) is 0 Å². The van der Waals surface area contributed by atoms with Gasteiger partial charge in [-0.3, -0.25) is 4.98 Å². The molecule has 1 aromatic heterocycles. The summed E-state index contributed by atoms with van der Waals surface area (Å²) >= 11 is 0. The predicted octanol–water partition coefficient (Wildman–Crippen LogP) is 2.26. The van der Waals surface area contributed by atoms with Crippen molar-refractivity contribution in [1.82, 2.24) is 10.3 Å². The van der Waals surface area contributed by atoms with Crippen LogP contribution in [0.1, 0.15) is 26.3 Å². The normalized spacial score (nSPS) is 10.7. The van der Waals surface area contributed by atoms with Crippen LogP contribution in [0.4, 0.5) is 5.69 Å². The van der Waals surface area contributed by atoms with Gasteiger partial charge >= 0.3 is 0 Å². The van der Waals surface area contributed by atoms with Crippen LogP contribution in [-0.2, 0) is 6.54 Å². The molecule has 0 amide bonds. The smallest absolute Gasteiger partial charge is 0.0572 e. The predicted molar refractivity (Wildman–Crippen MR) is 64.9 cm³/mol. The third-order valence-corrected chi connectivity index (χ3v) is 2.15. The van der Waals surface area contributed by atoms with Crippen LogP contribution in [-0.4, -0.2) is 18.1 Å². The van der Waals surface area contributed by atoms with E-state index in [-0.39, 0.29) is 0 Å². The van der Waals surface area contributed by atoms with Crippen LogP contribution in [0.2, 0.25) is 0 Å².